The molecule has 0 aliphatic carbocycles. The first-order chi connectivity index (χ1) is 13.2. The van der Waals surface area contributed by atoms with Gasteiger partial charge in [-0.15, -0.1) is 5.53 Å². The van der Waals surface area contributed by atoms with Crippen LogP contribution in [0.5, 0.6) is 0 Å². The second-order valence-corrected chi connectivity index (χ2v) is 9.99. The smallest absolute Gasteiger partial charge is 0.169 e. The highest BCUT2D eigenvalue weighted by Gasteiger charge is 2.21. The number of aromatic nitrogens is 1. The van der Waals surface area contributed by atoms with Gasteiger partial charge < -0.3 is 10.9 Å². The predicted molar refractivity (Wildman–Crippen MR) is 114 cm³/mol. The molecule has 4 rings (SSSR count). The Labute approximate surface area is 163 Å². The monoisotopic (exact) mass is 399 g/mol. The molecule has 1 aromatic heterocycles. The van der Waals surface area contributed by atoms with Crippen molar-refractivity contribution in [2.45, 2.75) is 19.8 Å². The minimum Gasteiger partial charge on any atom is -0.302 e. The molecule has 0 atom stereocenters. The Balaban J connectivity index is 2.15. The van der Waals surface area contributed by atoms with Crippen molar-refractivity contribution in [2.75, 3.05) is 23.4 Å². The van der Waals surface area contributed by atoms with Crippen LogP contribution in [0.15, 0.2) is 40.8 Å². The summed E-state index contributed by atoms with van der Waals surface area (Å²) in [6.07, 6.45) is 3.19. The van der Waals surface area contributed by atoms with Crippen LogP contribution in [0, 0.1) is 5.82 Å². The number of halogens is 1. The van der Waals surface area contributed by atoms with Gasteiger partial charge in [0.25, 0.3) is 0 Å². The lowest BCUT2D eigenvalue weighted by molar-refractivity contribution is 0.628. The molecule has 8 heteroatoms. The van der Waals surface area contributed by atoms with E-state index >= 15 is 0 Å². The van der Waals surface area contributed by atoms with E-state index < -0.39 is 9.73 Å². The summed E-state index contributed by atoms with van der Waals surface area (Å²) < 4.78 is 30.4. The van der Waals surface area contributed by atoms with Gasteiger partial charge in [-0.2, -0.15) is 4.36 Å². The van der Waals surface area contributed by atoms with Crippen molar-refractivity contribution in [2.24, 2.45) is 4.36 Å². The fraction of sp³-hybridized carbons (Fsp3) is 0.250. The molecule has 1 aliphatic heterocycles. The lowest BCUT2D eigenvalue weighted by Gasteiger charge is -2.18. The molecule has 1 aliphatic rings. The van der Waals surface area contributed by atoms with Crippen molar-refractivity contribution in [1.82, 2.24) is 10.5 Å². The zero-order chi connectivity index (χ0) is 20.1. The molecule has 0 saturated carbocycles. The molecule has 0 bridgehead atoms. The van der Waals surface area contributed by atoms with Gasteiger partial charge >= 0.3 is 0 Å². The zero-order valence-corrected chi connectivity index (χ0v) is 16.9. The number of hydrogen-bond acceptors (Lipinski definition) is 6. The van der Waals surface area contributed by atoms with Gasteiger partial charge in [-0.1, -0.05) is 26.0 Å². The van der Waals surface area contributed by atoms with Crippen molar-refractivity contribution in [3.05, 3.63) is 47.9 Å². The van der Waals surface area contributed by atoms with Gasteiger partial charge in [-0.05, 0) is 41.1 Å². The molecule has 0 amide bonds. The fourth-order valence-corrected chi connectivity index (χ4v) is 3.90. The molecule has 0 fully saturated rings. The van der Waals surface area contributed by atoms with Crippen LogP contribution in [0.1, 0.15) is 25.5 Å². The summed E-state index contributed by atoms with van der Waals surface area (Å²) >= 11 is 0. The van der Waals surface area contributed by atoms with Crippen LogP contribution in [0.3, 0.4) is 0 Å². The van der Waals surface area contributed by atoms with E-state index in [9.17, 15) is 8.60 Å². The molecular weight excluding hydrogens is 377 g/mol. The third kappa shape index (κ3) is 3.41. The second-order valence-electron chi connectivity index (χ2n) is 7.45. The first kappa shape index (κ1) is 18.6. The summed E-state index contributed by atoms with van der Waals surface area (Å²) in [4.78, 5) is 4.80. The van der Waals surface area contributed by atoms with E-state index in [1.807, 2.05) is 12.1 Å². The Bertz CT molecular complexity index is 1190. The molecule has 28 heavy (non-hydrogen) atoms. The van der Waals surface area contributed by atoms with E-state index in [-0.39, 0.29) is 11.7 Å². The first-order valence-corrected chi connectivity index (χ1v) is 11.3. The first-order valence-electron chi connectivity index (χ1n) is 8.94. The van der Waals surface area contributed by atoms with Gasteiger partial charge in [0.15, 0.2) is 5.82 Å². The normalized spacial score (nSPS) is 13.4. The Kier molecular flexibility index (Phi) is 4.47. The van der Waals surface area contributed by atoms with Gasteiger partial charge in [0, 0.05) is 33.2 Å². The maximum atomic E-state index is 13.5. The molecule has 2 heterocycles. The van der Waals surface area contributed by atoms with Crippen LogP contribution in [0.4, 0.5) is 21.6 Å². The third-order valence-electron chi connectivity index (χ3n) is 4.53. The predicted octanol–water partition coefficient (Wildman–Crippen LogP) is 4.78. The minimum atomic E-state index is -2.40. The van der Waals surface area contributed by atoms with Gasteiger partial charge in [0.05, 0.1) is 17.1 Å². The molecule has 0 unspecified atom stereocenters. The fourth-order valence-electron chi connectivity index (χ4n) is 3.35. The lowest BCUT2D eigenvalue weighted by Crippen LogP contribution is -2.19. The largest absolute Gasteiger partial charge is 0.302 e. The van der Waals surface area contributed by atoms with Gasteiger partial charge in [-0.25, -0.2) is 13.6 Å². The van der Waals surface area contributed by atoms with Crippen LogP contribution >= 0.6 is 0 Å². The van der Waals surface area contributed by atoms with Crippen LogP contribution in [-0.4, -0.2) is 21.7 Å². The quantitative estimate of drug-likeness (QED) is 0.591. The lowest BCUT2D eigenvalue weighted by atomic mass is 9.92. The summed E-state index contributed by atoms with van der Waals surface area (Å²) in [6.45, 7) is 4.10. The van der Waals surface area contributed by atoms with Gasteiger partial charge in [0.2, 0.25) is 0 Å². The number of hydrogen-bond donors (Lipinski definition) is 3. The Morgan fingerprint density at radius 3 is 2.21 bits per heavy atom. The van der Waals surface area contributed by atoms with Crippen LogP contribution in [0.2, 0.25) is 0 Å². The summed E-state index contributed by atoms with van der Waals surface area (Å²) in [5.74, 6) is 0.267. The zero-order valence-electron chi connectivity index (χ0n) is 16.1. The van der Waals surface area contributed by atoms with Crippen LogP contribution in [-0.2, 0) is 9.73 Å². The van der Waals surface area contributed by atoms with E-state index in [0.29, 0.717) is 5.82 Å². The standard InChI is InChI=1S/C20H22FN5OS/c1-11(2)19-18(12-5-7-13(21)8-6-12)14-9-16-17(24-26-23-16)10-15(14)20(22-19)25-28(3,4)27/h5-11,23-24,26H,1-4H3. The van der Waals surface area contributed by atoms with E-state index in [0.717, 1.165) is 39.0 Å². The molecule has 0 saturated heterocycles. The number of rotatable bonds is 3. The number of nitrogens with zero attached hydrogens (tertiary/aromatic N) is 2. The SMILES string of the molecule is CC(C)c1nc(N=S(C)(C)=O)c2cc3c(cc2c1-c1ccc(F)cc1)NNN3. The summed E-state index contributed by atoms with van der Waals surface area (Å²) in [5.41, 5.74) is 13.4. The molecule has 0 radical (unpaired) electrons. The summed E-state index contributed by atoms with van der Waals surface area (Å²) in [6, 6.07) is 10.4. The number of benzene rings is 2. The van der Waals surface area contributed by atoms with Crippen molar-refractivity contribution >= 4 is 37.7 Å². The number of hydrazine groups is 2. The van der Waals surface area contributed by atoms with Crippen molar-refractivity contribution in [3.63, 3.8) is 0 Å². The van der Waals surface area contributed by atoms with Gasteiger partial charge in [-0.3, -0.25) is 0 Å². The molecule has 3 N–H and O–H groups in total. The Morgan fingerprint density at radius 1 is 1.04 bits per heavy atom. The van der Waals surface area contributed by atoms with E-state index in [1.165, 1.54) is 12.1 Å². The van der Waals surface area contributed by atoms with Gasteiger partial charge in [0.1, 0.15) is 5.82 Å². The number of pyridine rings is 1. The summed E-state index contributed by atoms with van der Waals surface area (Å²) in [7, 11) is -2.40. The topological polar surface area (TPSA) is 78.4 Å². The number of anilines is 2. The van der Waals surface area contributed by atoms with E-state index in [2.05, 4.69) is 34.6 Å². The molecule has 6 nitrogen and oxygen atoms in total. The third-order valence-corrected chi connectivity index (χ3v) is 5.14. The molecule has 3 aromatic rings. The Hall–Kier alpha value is -2.71. The van der Waals surface area contributed by atoms with E-state index in [1.54, 1.807) is 24.6 Å². The number of nitrogens with one attached hydrogen (secondary N) is 3. The summed E-state index contributed by atoms with van der Waals surface area (Å²) in [5, 5.41) is 1.71. The van der Waals surface area contributed by atoms with Crippen molar-refractivity contribution in [3.8, 4) is 11.1 Å². The van der Waals surface area contributed by atoms with Crippen molar-refractivity contribution in [1.29, 1.82) is 0 Å². The highest BCUT2D eigenvalue weighted by Crippen LogP contribution is 2.42. The molecule has 2 aromatic carbocycles. The number of fused-ring (bicyclic) bond motifs is 2. The molecule has 146 valence electrons. The van der Waals surface area contributed by atoms with Crippen LogP contribution in [0.25, 0.3) is 21.9 Å². The van der Waals surface area contributed by atoms with Crippen molar-refractivity contribution < 1.29 is 8.60 Å². The molecule has 0 spiro atoms. The highest BCUT2D eigenvalue weighted by molar-refractivity contribution is 7.92. The maximum Gasteiger partial charge on any atom is 0.169 e. The van der Waals surface area contributed by atoms with E-state index in [4.69, 9.17) is 4.98 Å². The average Bonchev–Trinajstić information content (AvgIpc) is 3.07. The highest BCUT2D eigenvalue weighted by atomic mass is 32.2. The average molecular weight is 399 g/mol. The van der Waals surface area contributed by atoms with Crippen LogP contribution < -0.4 is 16.4 Å². The molecular formula is C20H22FN5OS. The minimum absolute atomic E-state index is 0.0978. The maximum absolute atomic E-state index is 13.5. The second kappa shape index (κ2) is 6.72. The Morgan fingerprint density at radius 2 is 1.64 bits per heavy atom.